The molecule has 0 bridgehead atoms. The van der Waals surface area contributed by atoms with E-state index in [1.54, 1.807) is 0 Å². The van der Waals surface area contributed by atoms with E-state index in [9.17, 15) is 0 Å². The van der Waals surface area contributed by atoms with Gasteiger partial charge in [-0.25, -0.2) is 9.97 Å². The zero-order valence-electron chi connectivity index (χ0n) is 11.4. The fraction of sp³-hybridized carbons (Fsp3) is 0.733. The first kappa shape index (κ1) is 13.3. The fourth-order valence-electron chi connectivity index (χ4n) is 2.84. The van der Waals surface area contributed by atoms with Crippen LogP contribution in [-0.2, 0) is 0 Å². The van der Waals surface area contributed by atoms with Gasteiger partial charge in [-0.2, -0.15) is 0 Å². The zero-order chi connectivity index (χ0) is 13.1. The molecule has 0 aromatic carbocycles. The lowest BCUT2D eigenvalue weighted by Crippen LogP contribution is -2.21. The Bertz CT molecular complexity index is 423. The summed E-state index contributed by atoms with van der Waals surface area (Å²) in [6.07, 6.45) is 11.9. The standard InChI is InChI=1S/C15H22BrN3/c16-13-10-14(19-15(18-13)11-8-9-11)17-12-6-4-2-1-3-5-7-12/h10-12H,1-9H2,(H,17,18,19). The molecule has 0 spiro atoms. The van der Waals surface area contributed by atoms with E-state index in [4.69, 9.17) is 4.98 Å². The molecule has 0 atom stereocenters. The number of hydrogen-bond acceptors (Lipinski definition) is 3. The van der Waals surface area contributed by atoms with Gasteiger partial charge in [0.05, 0.1) is 0 Å². The first-order valence-corrected chi connectivity index (χ1v) is 8.41. The molecule has 19 heavy (non-hydrogen) atoms. The second kappa shape index (κ2) is 6.21. The molecule has 2 fully saturated rings. The molecule has 3 nitrogen and oxygen atoms in total. The van der Waals surface area contributed by atoms with Gasteiger partial charge >= 0.3 is 0 Å². The van der Waals surface area contributed by atoms with Crippen LogP contribution in [0.2, 0.25) is 0 Å². The Labute approximate surface area is 123 Å². The summed E-state index contributed by atoms with van der Waals surface area (Å²) in [4.78, 5) is 9.18. The van der Waals surface area contributed by atoms with E-state index in [0.717, 1.165) is 16.2 Å². The molecule has 1 aromatic rings. The lowest BCUT2D eigenvalue weighted by atomic mass is 9.97. The van der Waals surface area contributed by atoms with E-state index in [1.165, 1.54) is 57.8 Å². The third-order valence-electron chi connectivity index (χ3n) is 4.11. The molecule has 1 aromatic heterocycles. The highest BCUT2D eigenvalue weighted by molar-refractivity contribution is 9.10. The molecule has 1 heterocycles. The zero-order valence-corrected chi connectivity index (χ0v) is 13.0. The quantitative estimate of drug-likeness (QED) is 0.823. The maximum Gasteiger partial charge on any atom is 0.135 e. The maximum absolute atomic E-state index is 4.69. The minimum Gasteiger partial charge on any atom is -0.367 e. The van der Waals surface area contributed by atoms with E-state index in [2.05, 4.69) is 26.2 Å². The van der Waals surface area contributed by atoms with E-state index in [1.807, 2.05) is 6.07 Å². The highest BCUT2D eigenvalue weighted by atomic mass is 79.9. The van der Waals surface area contributed by atoms with E-state index in [0.29, 0.717) is 12.0 Å². The van der Waals surface area contributed by atoms with Crippen molar-refractivity contribution in [3.05, 3.63) is 16.5 Å². The molecule has 104 valence electrons. The van der Waals surface area contributed by atoms with E-state index >= 15 is 0 Å². The van der Waals surface area contributed by atoms with Gasteiger partial charge in [-0.3, -0.25) is 0 Å². The van der Waals surface area contributed by atoms with Crippen molar-refractivity contribution in [1.82, 2.24) is 9.97 Å². The van der Waals surface area contributed by atoms with Crippen LogP contribution in [0.3, 0.4) is 0 Å². The monoisotopic (exact) mass is 323 g/mol. The number of halogens is 1. The summed E-state index contributed by atoms with van der Waals surface area (Å²) in [5, 5.41) is 3.63. The fourth-order valence-corrected chi connectivity index (χ4v) is 3.24. The topological polar surface area (TPSA) is 37.8 Å². The Balaban J connectivity index is 1.67. The molecule has 2 aliphatic rings. The summed E-state index contributed by atoms with van der Waals surface area (Å²) in [5.74, 6) is 2.63. The Morgan fingerprint density at radius 2 is 1.63 bits per heavy atom. The molecular formula is C15H22BrN3. The molecular weight excluding hydrogens is 302 g/mol. The van der Waals surface area contributed by atoms with Gasteiger partial charge in [0, 0.05) is 18.0 Å². The summed E-state index contributed by atoms with van der Waals surface area (Å²) < 4.78 is 0.915. The normalized spacial score (nSPS) is 21.7. The Kier molecular flexibility index (Phi) is 4.36. The molecule has 0 radical (unpaired) electrons. The lowest BCUT2D eigenvalue weighted by molar-refractivity contribution is 0.470. The molecule has 0 aliphatic heterocycles. The summed E-state index contributed by atoms with van der Waals surface area (Å²) in [7, 11) is 0. The predicted molar refractivity (Wildman–Crippen MR) is 81.4 cm³/mol. The van der Waals surface area contributed by atoms with Crippen molar-refractivity contribution in [2.24, 2.45) is 0 Å². The minimum atomic E-state index is 0.592. The van der Waals surface area contributed by atoms with Crippen LogP contribution in [0.4, 0.5) is 5.82 Å². The highest BCUT2D eigenvalue weighted by Crippen LogP contribution is 2.38. The third-order valence-corrected chi connectivity index (χ3v) is 4.52. The van der Waals surface area contributed by atoms with Crippen LogP contribution >= 0.6 is 15.9 Å². The molecule has 2 saturated carbocycles. The molecule has 3 rings (SSSR count). The highest BCUT2D eigenvalue weighted by Gasteiger charge is 2.27. The van der Waals surface area contributed by atoms with Crippen LogP contribution < -0.4 is 5.32 Å². The van der Waals surface area contributed by atoms with Crippen molar-refractivity contribution in [3.8, 4) is 0 Å². The molecule has 2 aliphatic carbocycles. The van der Waals surface area contributed by atoms with Crippen LogP contribution in [0.15, 0.2) is 10.7 Å². The average molecular weight is 324 g/mol. The number of hydrogen-bond donors (Lipinski definition) is 1. The summed E-state index contributed by atoms with van der Waals surface area (Å²) in [6.45, 7) is 0. The SMILES string of the molecule is Brc1cc(NC2CCCCCCC2)nc(C2CC2)n1. The molecule has 0 saturated heterocycles. The number of nitrogens with one attached hydrogen (secondary N) is 1. The predicted octanol–water partition coefficient (Wildman–Crippen LogP) is 4.64. The van der Waals surface area contributed by atoms with Crippen molar-refractivity contribution in [3.63, 3.8) is 0 Å². The minimum absolute atomic E-state index is 0.592. The Morgan fingerprint density at radius 1 is 0.947 bits per heavy atom. The van der Waals surface area contributed by atoms with E-state index < -0.39 is 0 Å². The van der Waals surface area contributed by atoms with Gasteiger partial charge < -0.3 is 5.32 Å². The summed E-state index contributed by atoms with van der Waals surface area (Å²) >= 11 is 3.51. The Hall–Kier alpha value is -0.640. The molecule has 4 heteroatoms. The van der Waals surface area contributed by atoms with Crippen LogP contribution in [-0.4, -0.2) is 16.0 Å². The van der Waals surface area contributed by atoms with Gasteiger partial charge in [0.15, 0.2) is 0 Å². The number of rotatable bonds is 3. The second-order valence-electron chi connectivity index (χ2n) is 5.89. The van der Waals surface area contributed by atoms with Crippen molar-refractivity contribution in [2.45, 2.75) is 69.7 Å². The van der Waals surface area contributed by atoms with E-state index in [-0.39, 0.29) is 0 Å². The first-order chi connectivity index (χ1) is 9.31. The summed E-state index contributed by atoms with van der Waals surface area (Å²) in [5.41, 5.74) is 0. The van der Waals surface area contributed by atoms with Crippen molar-refractivity contribution in [1.29, 1.82) is 0 Å². The van der Waals surface area contributed by atoms with Crippen LogP contribution in [0.1, 0.15) is 69.5 Å². The average Bonchev–Trinajstić information content (AvgIpc) is 3.15. The van der Waals surface area contributed by atoms with Crippen molar-refractivity contribution in [2.75, 3.05) is 5.32 Å². The number of aromatic nitrogens is 2. The van der Waals surface area contributed by atoms with Crippen molar-refractivity contribution >= 4 is 21.7 Å². The number of nitrogens with zero attached hydrogens (tertiary/aromatic N) is 2. The smallest absolute Gasteiger partial charge is 0.135 e. The van der Waals surface area contributed by atoms with Crippen LogP contribution in [0, 0.1) is 0 Å². The lowest BCUT2D eigenvalue weighted by Gasteiger charge is -2.21. The first-order valence-electron chi connectivity index (χ1n) is 7.62. The molecule has 0 unspecified atom stereocenters. The summed E-state index contributed by atoms with van der Waals surface area (Å²) in [6, 6.07) is 2.61. The van der Waals surface area contributed by atoms with Crippen LogP contribution in [0.5, 0.6) is 0 Å². The Morgan fingerprint density at radius 3 is 2.32 bits per heavy atom. The molecule has 1 N–H and O–H groups in total. The number of anilines is 1. The largest absolute Gasteiger partial charge is 0.367 e. The second-order valence-corrected chi connectivity index (χ2v) is 6.71. The van der Waals surface area contributed by atoms with Gasteiger partial charge in [0.1, 0.15) is 16.2 Å². The third kappa shape index (κ3) is 3.91. The van der Waals surface area contributed by atoms with Gasteiger partial charge in [-0.1, -0.05) is 32.1 Å². The van der Waals surface area contributed by atoms with Crippen molar-refractivity contribution < 1.29 is 0 Å². The molecule has 0 amide bonds. The van der Waals surface area contributed by atoms with Gasteiger partial charge in [0.25, 0.3) is 0 Å². The van der Waals surface area contributed by atoms with Gasteiger partial charge in [-0.15, -0.1) is 0 Å². The van der Waals surface area contributed by atoms with Gasteiger partial charge in [0.2, 0.25) is 0 Å². The van der Waals surface area contributed by atoms with Crippen LogP contribution in [0.25, 0.3) is 0 Å². The van der Waals surface area contributed by atoms with Gasteiger partial charge in [-0.05, 0) is 41.6 Å². The maximum atomic E-state index is 4.69.